The van der Waals surface area contributed by atoms with Crippen LogP contribution in [0.5, 0.6) is 5.75 Å². The van der Waals surface area contributed by atoms with Gasteiger partial charge < -0.3 is 5.11 Å². The van der Waals surface area contributed by atoms with Gasteiger partial charge in [-0.15, -0.1) is 11.3 Å². The van der Waals surface area contributed by atoms with Crippen molar-refractivity contribution in [1.82, 2.24) is 0 Å². The van der Waals surface area contributed by atoms with Crippen LogP contribution >= 0.6 is 49.9 Å². The first kappa shape index (κ1) is 8.77. The van der Waals surface area contributed by atoms with Gasteiger partial charge in [-0.2, -0.15) is 0 Å². The lowest BCUT2D eigenvalue weighted by Crippen LogP contribution is -1.65. The number of fused-ring (bicyclic) bond motifs is 1. The van der Waals surface area contributed by atoms with Crippen LogP contribution in [0.2, 0.25) is 0 Å². The van der Waals surface area contributed by atoms with Crippen LogP contribution in [0.15, 0.2) is 22.7 Å². The van der Waals surface area contributed by atoms with Gasteiger partial charge in [0.1, 0.15) is 8.63 Å². The number of thiophene rings is 1. The van der Waals surface area contributed by atoms with Crippen LogP contribution in [-0.2, 0) is 0 Å². The van der Waals surface area contributed by atoms with Gasteiger partial charge in [0, 0.05) is 14.6 Å². The minimum Gasteiger partial charge on any atom is -0.505 e. The number of hydrogen-bond donors (Lipinski definition) is 1. The molecule has 62 valence electrons. The summed E-state index contributed by atoms with van der Waals surface area (Å²) < 4.78 is 3.07. The topological polar surface area (TPSA) is 20.2 Å². The summed E-state index contributed by atoms with van der Waals surface area (Å²) in [5, 5.41) is 10.5. The molecule has 0 amide bonds. The van der Waals surface area contributed by atoms with E-state index in [1.807, 2.05) is 18.2 Å². The molecule has 0 spiro atoms. The Morgan fingerprint density at radius 1 is 1.42 bits per heavy atom. The van der Waals surface area contributed by atoms with Crippen molar-refractivity contribution in [3.63, 3.8) is 0 Å². The molecule has 0 unspecified atom stereocenters. The molecule has 0 saturated carbocycles. The van der Waals surface area contributed by atoms with Gasteiger partial charge in [0.05, 0.1) is 0 Å². The third kappa shape index (κ3) is 1.36. The van der Waals surface area contributed by atoms with Gasteiger partial charge in [0.25, 0.3) is 0 Å². The molecule has 12 heavy (non-hydrogen) atoms. The Morgan fingerprint density at radius 2 is 2.17 bits per heavy atom. The number of rotatable bonds is 0. The van der Waals surface area contributed by atoms with Crippen molar-refractivity contribution in [1.29, 1.82) is 0 Å². The Hall–Kier alpha value is 0.190. The SMILES string of the molecule is Oc1c(I)sc2ccc(Br)cc12. The first-order valence-electron chi connectivity index (χ1n) is 3.25. The van der Waals surface area contributed by atoms with Crippen LogP contribution in [0.25, 0.3) is 10.1 Å². The average Bonchev–Trinajstić information content (AvgIpc) is 2.31. The van der Waals surface area contributed by atoms with Crippen molar-refractivity contribution in [2.24, 2.45) is 0 Å². The molecule has 0 aliphatic rings. The zero-order chi connectivity index (χ0) is 8.72. The average molecular weight is 355 g/mol. The van der Waals surface area contributed by atoms with E-state index in [2.05, 4.69) is 38.5 Å². The summed E-state index contributed by atoms with van der Waals surface area (Å²) in [6.45, 7) is 0. The number of aromatic hydroxyl groups is 1. The Bertz CT molecular complexity index is 438. The summed E-state index contributed by atoms with van der Waals surface area (Å²) in [5.74, 6) is 0.400. The van der Waals surface area contributed by atoms with Gasteiger partial charge in [-0.3, -0.25) is 0 Å². The van der Waals surface area contributed by atoms with Crippen molar-refractivity contribution in [3.05, 3.63) is 25.6 Å². The fourth-order valence-electron chi connectivity index (χ4n) is 1.03. The summed E-state index contributed by atoms with van der Waals surface area (Å²) >= 11 is 7.11. The van der Waals surface area contributed by atoms with Crippen molar-refractivity contribution < 1.29 is 5.11 Å². The summed E-state index contributed by atoms with van der Waals surface area (Å²) in [5.41, 5.74) is 0. The van der Waals surface area contributed by atoms with E-state index in [0.29, 0.717) is 5.75 Å². The molecule has 1 aromatic heterocycles. The van der Waals surface area contributed by atoms with E-state index in [1.165, 1.54) is 0 Å². The van der Waals surface area contributed by atoms with Crippen LogP contribution in [0, 0.1) is 2.88 Å². The standard InChI is InChI=1S/C8H4BrIOS/c9-4-1-2-6-5(3-4)7(11)8(10)12-6/h1-3,11H. The Morgan fingerprint density at radius 3 is 2.92 bits per heavy atom. The minimum atomic E-state index is 0.400. The highest BCUT2D eigenvalue weighted by atomic mass is 127. The van der Waals surface area contributed by atoms with Gasteiger partial charge in [-0.05, 0) is 40.8 Å². The third-order valence-corrected chi connectivity index (χ3v) is 4.20. The molecule has 0 atom stereocenters. The van der Waals surface area contributed by atoms with E-state index in [0.717, 1.165) is 17.4 Å². The summed E-state index contributed by atoms with van der Waals surface area (Å²) in [4.78, 5) is 0. The fraction of sp³-hybridized carbons (Fsp3) is 0. The molecule has 0 radical (unpaired) electrons. The van der Waals surface area contributed by atoms with E-state index in [9.17, 15) is 5.11 Å². The largest absolute Gasteiger partial charge is 0.505 e. The molecule has 2 aromatic rings. The molecule has 1 nitrogen and oxygen atoms in total. The lowest BCUT2D eigenvalue weighted by molar-refractivity contribution is 0.480. The first-order valence-corrected chi connectivity index (χ1v) is 5.94. The van der Waals surface area contributed by atoms with Crippen LogP contribution in [-0.4, -0.2) is 5.11 Å². The van der Waals surface area contributed by atoms with Gasteiger partial charge >= 0.3 is 0 Å². The van der Waals surface area contributed by atoms with E-state index >= 15 is 0 Å². The van der Waals surface area contributed by atoms with Gasteiger partial charge in [-0.1, -0.05) is 15.9 Å². The highest BCUT2D eigenvalue weighted by molar-refractivity contribution is 14.1. The van der Waals surface area contributed by atoms with E-state index in [1.54, 1.807) is 11.3 Å². The second kappa shape index (κ2) is 3.16. The molecule has 0 bridgehead atoms. The summed E-state index contributed by atoms with van der Waals surface area (Å²) in [7, 11) is 0. The monoisotopic (exact) mass is 354 g/mol. The van der Waals surface area contributed by atoms with Crippen LogP contribution in [0.4, 0.5) is 0 Å². The van der Waals surface area contributed by atoms with Crippen LogP contribution in [0.3, 0.4) is 0 Å². The van der Waals surface area contributed by atoms with Gasteiger partial charge in [-0.25, -0.2) is 0 Å². The maximum atomic E-state index is 9.60. The number of benzene rings is 1. The Labute approximate surface area is 95.7 Å². The molecule has 0 aliphatic carbocycles. The summed E-state index contributed by atoms with van der Waals surface area (Å²) in [6.07, 6.45) is 0. The molecule has 1 N–H and O–H groups in total. The Balaban J connectivity index is 2.88. The van der Waals surface area contributed by atoms with Gasteiger partial charge in [0.15, 0.2) is 0 Å². The molecule has 4 heteroatoms. The zero-order valence-electron chi connectivity index (χ0n) is 5.84. The van der Waals surface area contributed by atoms with Crippen molar-refractivity contribution in [2.45, 2.75) is 0 Å². The van der Waals surface area contributed by atoms with Crippen LogP contribution in [0.1, 0.15) is 0 Å². The lowest BCUT2D eigenvalue weighted by atomic mass is 10.2. The maximum Gasteiger partial charge on any atom is 0.147 e. The maximum absolute atomic E-state index is 9.60. The smallest absolute Gasteiger partial charge is 0.147 e. The van der Waals surface area contributed by atoms with E-state index in [4.69, 9.17) is 0 Å². The molecule has 0 fully saturated rings. The third-order valence-electron chi connectivity index (χ3n) is 1.58. The predicted octanol–water partition coefficient (Wildman–Crippen LogP) is 3.97. The molecule has 0 aliphatic heterocycles. The van der Waals surface area contributed by atoms with Crippen LogP contribution < -0.4 is 0 Å². The van der Waals surface area contributed by atoms with Gasteiger partial charge in [0.2, 0.25) is 0 Å². The predicted molar refractivity (Wildman–Crippen MR) is 63.9 cm³/mol. The van der Waals surface area contributed by atoms with Crippen molar-refractivity contribution in [2.75, 3.05) is 0 Å². The highest BCUT2D eigenvalue weighted by Gasteiger charge is 2.07. The molecular formula is C8H4BrIOS. The van der Waals surface area contributed by atoms with E-state index < -0.39 is 0 Å². The first-order chi connectivity index (χ1) is 5.68. The lowest BCUT2D eigenvalue weighted by Gasteiger charge is -1.91. The second-order valence-corrected chi connectivity index (χ2v) is 6.14. The van der Waals surface area contributed by atoms with Crippen molar-refractivity contribution >= 4 is 59.9 Å². The highest BCUT2D eigenvalue weighted by Crippen LogP contribution is 2.38. The normalized spacial score (nSPS) is 10.8. The van der Waals surface area contributed by atoms with E-state index in [-0.39, 0.29) is 0 Å². The molecule has 1 aromatic carbocycles. The second-order valence-electron chi connectivity index (χ2n) is 2.36. The summed E-state index contributed by atoms with van der Waals surface area (Å²) in [6, 6.07) is 5.92. The quantitative estimate of drug-likeness (QED) is 0.709. The van der Waals surface area contributed by atoms with Crippen molar-refractivity contribution in [3.8, 4) is 5.75 Å². The zero-order valence-corrected chi connectivity index (χ0v) is 10.4. The minimum absolute atomic E-state index is 0.400. The fourth-order valence-corrected chi connectivity index (χ4v) is 3.19. The number of hydrogen-bond acceptors (Lipinski definition) is 2. The molecular weight excluding hydrogens is 351 g/mol. The molecule has 1 heterocycles. The Kier molecular flexibility index (Phi) is 2.31. The molecule has 2 rings (SSSR count). The molecule has 0 saturated heterocycles. The number of halogens is 2.